The number of aliphatic carboxylic acids is 2. The molecular formula is C10H8I2O6. The molecule has 0 amide bonds. The first-order valence-corrected chi connectivity index (χ1v) is 8.53. The Kier molecular flexibility index (Phi) is 5.44. The fourth-order valence-electron chi connectivity index (χ4n) is 1.49. The van der Waals surface area contributed by atoms with Gasteiger partial charge in [-0.05, 0) is 45.9 Å². The van der Waals surface area contributed by atoms with E-state index in [1.807, 2.05) is 22.6 Å². The summed E-state index contributed by atoms with van der Waals surface area (Å²) >= 11 is -2.06. The Balaban J connectivity index is 3.44. The summed E-state index contributed by atoms with van der Waals surface area (Å²) in [6, 6.07) is 2.91. The first kappa shape index (κ1) is 15.3. The van der Waals surface area contributed by atoms with E-state index in [1.54, 1.807) is 0 Å². The lowest BCUT2D eigenvalue weighted by Crippen LogP contribution is -2.08. The van der Waals surface area contributed by atoms with Crippen molar-refractivity contribution >= 4 is 54.3 Å². The molecule has 18 heavy (non-hydrogen) atoms. The molecule has 1 aromatic rings. The number of carboxylic acid groups (broad SMARTS) is 2. The molecule has 0 spiro atoms. The minimum Gasteiger partial charge on any atom is -0.481 e. The van der Waals surface area contributed by atoms with Gasteiger partial charge in [0.2, 0.25) is 0 Å². The highest BCUT2D eigenvalue weighted by Gasteiger charge is 2.18. The van der Waals surface area contributed by atoms with Crippen molar-refractivity contribution in [3.8, 4) is 0 Å². The SMILES string of the molecule is O=C(O)Cc1cc(I)cc(CC(=O)O)c1I(=O)=O. The Hall–Kier alpha value is -0.780. The average Bonchev–Trinajstić information content (AvgIpc) is 2.12. The summed E-state index contributed by atoms with van der Waals surface area (Å²) in [4.78, 5) is 21.4. The van der Waals surface area contributed by atoms with Crippen LogP contribution in [-0.4, -0.2) is 22.2 Å². The smallest absolute Gasteiger partial charge is 0.341 e. The maximum Gasteiger partial charge on any atom is 0.341 e. The molecule has 0 bridgehead atoms. The third kappa shape index (κ3) is 4.15. The van der Waals surface area contributed by atoms with E-state index < -0.39 is 44.6 Å². The maximum atomic E-state index is 11.3. The Labute approximate surface area is 123 Å². The van der Waals surface area contributed by atoms with Gasteiger partial charge in [0.1, 0.15) is 0 Å². The molecule has 2 N–H and O–H groups in total. The summed E-state index contributed by atoms with van der Waals surface area (Å²) in [5.41, 5.74) is 0.307. The van der Waals surface area contributed by atoms with Crippen LogP contribution in [0.4, 0.5) is 0 Å². The van der Waals surface area contributed by atoms with Crippen LogP contribution in [0.25, 0.3) is 0 Å². The molecule has 8 heteroatoms. The van der Waals surface area contributed by atoms with E-state index in [1.165, 1.54) is 12.1 Å². The van der Waals surface area contributed by atoms with Crippen molar-refractivity contribution in [2.75, 3.05) is 0 Å². The second-order valence-corrected chi connectivity index (χ2v) is 6.96. The highest BCUT2D eigenvalue weighted by Crippen LogP contribution is 2.29. The van der Waals surface area contributed by atoms with Gasteiger partial charge < -0.3 is 10.2 Å². The highest BCUT2D eigenvalue weighted by atomic mass is 127. The van der Waals surface area contributed by atoms with Crippen molar-refractivity contribution in [3.63, 3.8) is 0 Å². The molecule has 0 aromatic heterocycles. The lowest BCUT2D eigenvalue weighted by Gasteiger charge is -2.07. The van der Waals surface area contributed by atoms with Crippen LogP contribution in [0, 0.1) is 7.14 Å². The second kappa shape index (κ2) is 6.41. The zero-order valence-electron chi connectivity index (χ0n) is 8.85. The van der Waals surface area contributed by atoms with Gasteiger partial charge in [-0.1, -0.05) is 0 Å². The van der Waals surface area contributed by atoms with Crippen molar-refractivity contribution in [2.24, 2.45) is 0 Å². The maximum absolute atomic E-state index is 11.3. The van der Waals surface area contributed by atoms with Gasteiger partial charge in [0, 0.05) is 3.57 Å². The first-order valence-electron chi connectivity index (χ1n) is 4.61. The third-order valence-corrected chi connectivity index (χ3v) is 4.91. The number of carboxylic acids is 2. The van der Waals surface area contributed by atoms with Gasteiger partial charge in [-0.3, -0.25) is 9.59 Å². The molecule has 0 unspecified atom stereocenters. The standard InChI is InChI=1S/C10H8I2O6/c11-7-1-5(3-8(13)14)10(12(17)18)6(2-7)4-9(15)16/h1-2H,3-4H2,(H,13,14)(H,15,16). The quantitative estimate of drug-likeness (QED) is 0.627. The van der Waals surface area contributed by atoms with Crippen LogP contribution in [0.1, 0.15) is 11.1 Å². The van der Waals surface area contributed by atoms with Crippen LogP contribution in [-0.2, 0) is 28.6 Å². The summed E-state index contributed by atoms with van der Waals surface area (Å²) < 4.78 is 23.0. The summed E-state index contributed by atoms with van der Waals surface area (Å²) in [6.07, 6.45) is -0.867. The number of benzene rings is 1. The molecular weight excluding hydrogens is 470 g/mol. The largest absolute Gasteiger partial charge is 0.481 e. The van der Waals surface area contributed by atoms with Crippen LogP contribution in [0.2, 0.25) is 0 Å². The molecule has 0 saturated heterocycles. The van der Waals surface area contributed by atoms with Gasteiger partial charge in [-0.15, -0.1) is 0 Å². The summed E-state index contributed by atoms with van der Waals surface area (Å²) in [7, 11) is 0. The Morgan fingerprint density at radius 2 is 1.44 bits per heavy atom. The van der Waals surface area contributed by atoms with Crippen LogP contribution in [0.3, 0.4) is 0 Å². The van der Waals surface area contributed by atoms with Crippen molar-refractivity contribution in [3.05, 3.63) is 30.4 Å². The van der Waals surface area contributed by atoms with Gasteiger partial charge >= 0.3 is 31.7 Å². The third-order valence-electron chi connectivity index (χ3n) is 2.03. The molecule has 1 rings (SSSR count). The molecule has 0 heterocycles. The molecule has 1 aromatic carbocycles. The van der Waals surface area contributed by atoms with E-state index in [4.69, 9.17) is 10.2 Å². The van der Waals surface area contributed by atoms with E-state index in [-0.39, 0.29) is 14.7 Å². The van der Waals surface area contributed by atoms with Gasteiger partial charge in [0.05, 0.1) is 16.4 Å². The minimum atomic E-state index is -3.95. The van der Waals surface area contributed by atoms with Crippen molar-refractivity contribution < 1.29 is 25.9 Å². The Morgan fingerprint density at radius 1 is 1.06 bits per heavy atom. The van der Waals surface area contributed by atoms with Gasteiger partial charge in [-0.2, -0.15) is 0 Å². The van der Waals surface area contributed by atoms with Crippen LogP contribution in [0.15, 0.2) is 12.1 Å². The summed E-state index contributed by atoms with van der Waals surface area (Å²) in [5.74, 6) is -2.31. The van der Waals surface area contributed by atoms with Crippen LogP contribution in [0.5, 0.6) is 0 Å². The van der Waals surface area contributed by atoms with Crippen molar-refractivity contribution in [1.29, 1.82) is 0 Å². The molecule has 0 radical (unpaired) electrons. The molecule has 0 aliphatic rings. The normalized spacial score (nSPS) is 10.6. The molecule has 0 aliphatic carbocycles. The number of halogens is 2. The summed E-state index contributed by atoms with van der Waals surface area (Å²) in [5, 5.41) is 17.5. The van der Waals surface area contributed by atoms with Crippen molar-refractivity contribution in [1.82, 2.24) is 0 Å². The first-order chi connectivity index (χ1) is 8.31. The topological polar surface area (TPSA) is 109 Å². The van der Waals surface area contributed by atoms with Crippen LogP contribution >= 0.6 is 42.4 Å². The van der Waals surface area contributed by atoms with Gasteiger partial charge in [-0.25, -0.2) is 6.14 Å². The molecule has 0 saturated carbocycles. The van der Waals surface area contributed by atoms with E-state index in [0.29, 0.717) is 3.57 Å². The van der Waals surface area contributed by atoms with E-state index in [2.05, 4.69) is 0 Å². The van der Waals surface area contributed by atoms with E-state index in [9.17, 15) is 15.7 Å². The number of carbonyl (C=O) groups is 2. The predicted octanol–water partition coefficient (Wildman–Crippen LogP) is 1.91. The molecule has 0 fully saturated rings. The second-order valence-electron chi connectivity index (χ2n) is 3.40. The number of hydrogen-bond acceptors (Lipinski definition) is 4. The number of rotatable bonds is 5. The molecule has 0 atom stereocenters. The van der Waals surface area contributed by atoms with Gasteiger partial charge in [0.25, 0.3) is 0 Å². The van der Waals surface area contributed by atoms with Crippen molar-refractivity contribution in [2.45, 2.75) is 12.8 Å². The van der Waals surface area contributed by atoms with E-state index >= 15 is 0 Å². The molecule has 0 aliphatic heterocycles. The average molecular weight is 478 g/mol. The fourth-order valence-corrected chi connectivity index (χ4v) is 4.06. The molecule has 6 nitrogen and oxygen atoms in total. The fraction of sp³-hybridized carbons (Fsp3) is 0.200. The lowest BCUT2D eigenvalue weighted by atomic mass is 10.1. The monoisotopic (exact) mass is 478 g/mol. The Morgan fingerprint density at radius 3 is 1.72 bits per heavy atom. The minimum absolute atomic E-state index is 0.107. The zero-order valence-corrected chi connectivity index (χ0v) is 13.2. The zero-order chi connectivity index (χ0) is 13.9. The van der Waals surface area contributed by atoms with Gasteiger partial charge in [0.15, 0.2) is 0 Å². The van der Waals surface area contributed by atoms with E-state index in [0.717, 1.165) is 0 Å². The number of hydrogen-bond donors (Lipinski definition) is 2. The molecule has 98 valence electrons. The van der Waals surface area contributed by atoms with Crippen LogP contribution < -0.4 is 0 Å². The Bertz CT molecular complexity index is 531. The lowest BCUT2D eigenvalue weighted by molar-refractivity contribution is -0.137. The predicted molar refractivity (Wildman–Crippen MR) is 75.9 cm³/mol. The highest BCUT2D eigenvalue weighted by molar-refractivity contribution is 14.2. The summed E-state index contributed by atoms with van der Waals surface area (Å²) in [6.45, 7) is 0.